The summed E-state index contributed by atoms with van der Waals surface area (Å²) in [4.78, 5) is 17.8. The van der Waals surface area contributed by atoms with Crippen LogP contribution in [0.1, 0.15) is 11.3 Å². The minimum Gasteiger partial charge on any atom is -0.358 e. The number of carbonyl (C=O) groups excluding carboxylic acids is 1. The topological polar surface area (TPSA) is 53.9 Å². The number of hydrogen-bond donors (Lipinski definition) is 1. The zero-order valence-corrected chi connectivity index (χ0v) is 11.6. The first-order chi connectivity index (χ1) is 10.3. The molecule has 2 aromatic heterocycles. The standard InChI is InChI=1S/C16H16N4O/c21-16(11-20-8-3-7-17-20)19-9-6-15-13(10-19)12-4-1-2-5-14(12)18-15/h1-5,7-8,18H,6,9-11H2. The molecule has 0 fully saturated rings. The van der Waals surface area contributed by atoms with Crippen molar-refractivity contribution in [1.29, 1.82) is 0 Å². The van der Waals surface area contributed by atoms with E-state index < -0.39 is 0 Å². The summed E-state index contributed by atoms with van der Waals surface area (Å²) in [7, 11) is 0. The van der Waals surface area contributed by atoms with E-state index >= 15 is 0 Å². The van der Waals surface area contributed by atoms with Crippen LogP contribution in [-0.2, 0) is 24.3 Å². The normalized spacial score (nSPS) is 14.4. The SMILES string of the molecule is O=C(Cn1cccn1)N1CCc2[nH]c3ccccc3c2C1. The molecule has 1 amide bonds. The Morgan fingerprint density at radius 3 is 3.05 bits per heavy atom. The number of para-hydroxylation sites is 1. The number of H-pyrrole nitrogens is 1. The molecule has 4 rings (SSSR count). The van der Waals surface area contributed by atoms with E-state index in [0.29, 0.717) is 13.1 Å². The van der Waals surface area contributed by atoms with Crippen LogP contribution in [0.4, 0.5) is 0 Å². The van der Waals surface area contributed by atoms with Gasteiger partial charge < -0.3 is 9.88 Å². The van der Waals surface area contributed by atoms with Crippen LogP contribution in [0.25, 0.3) is 10.9 Å². The van der Waals surface area contributed by atoms with Crippen LogP contribution in [0.2, 0.25) is 0 Å². The molecule has 5 nitrogen and oxygen atoms in total. The summed E-state index contributed by atoms with van der Waals surface area (Å²) >= 11 is 0. The lowest BCUT2D eigenvalue weighted by molar-refractivity contribution is -0.132. The molecular weight excluding hydrogens is 264 g/mol. The maximum absolute atomic E-state index is 12.4. The third kappa shape index (κ3) is 2.11. The first-order valence-electron chi connectivity index (χ1n) is 7.15. The maximum atomic E-state index is 12.4. The number of aromatic nitrogens is 3. The summed E-state index contributed by atoms with van der Waals surface area (Å²) in [5.74, 6) is 0.120. The molecule has 1 aliphatic rings. The lowest BCUT2D eigenvalue weighted by atomic mass is 10.0. The molecule has 21 heavy (non-hydrogen) atoms. The van der Waals surface area contributed by atoms with Crippen molar-refractivity contribution in [1.82, 2.24) is 19.7 Å². The van der Waals surface area contributed by atoms with Gasteiger partial charge in [-0.2, -0.15) is 5.10 Å². The fourth-order valence-corrected chi connectivity index (χ4v) is 3.01. The summed E-state index contributed by atoms with van der Waals surface area (Å²) in [6.07, 6.45) is 4.40. The molecule has 1 aromatic carbocycles. The number of nitrogens with zero attached hydrogens (tertiary/aromatic N) is 3. The zero-order chi connectivity index (χ0) is 14.2. The van der Waals surface area contributed by atoms with Gasteiger partial charge in [-0.05, 0) is 12.1 Å². The molecule has 0 unspecified atom stereocenters. The Kier molecular flexibility index (Phi) is 2.77. The second-order valence-corrected chi connectivity index (χ2v) is 5.40. The molecule has 106 valence electrons. The number of nitrogens with one attached hydrogen (secondary N) is 1. The van der Waals surface area contributed by atoms with Crippen LogP contribution in [-0.4, -0.2) is 32.1 Å². The minimum atomic E-state index is 0.120. The molecule has 0 atom stereocenters. The molecule has 0 saturated carbocycles. The average Bonchev–Trinajstić information content (AvgIpc) is 3.13. The molecule has 1 aliphatic heterocycles. The minimum absolute atomic E-state index is 0.120. The van der Waals surface area contributed by atoms with Gasteiger partial charge in [-0.1, -0.05) is 18.2 Å². The largest absolute Gasteiger partial charge is 0.358 e. The number of carbonyl (C=O) groups is 1. The van der Waals surface area contributed by atoms with Gasteiger partial charge in [0, 0.05) is 54.1 Å². The Bertz CT molecular complexity index is 788. The monoisotopic (exact) mass is 280 g/mol. The van der Waals surface area contributed by atoms with Gasteiger partial charge in [-0.3, -0.25) is 9.48 Å². The predicted octanol–water partition coefficient (Wildman–Crippen LogP) is 1.95. The highest BCUT2D eigenvalue weighted by molar-refractivity contribution is 5.86. The summed E-state index contributed by atoms with van der Waals surface area (Å²) in [6.45, 7) is 1.75. The van der Waals surface area contributed by atoms with E-state index in [9.17, 15) is 4.79 Å². The number of rotatable bonds is 2. The summed E-state index contributed by atoms with van der Waals surface area (Å²) in [6, 6.07) is 10.1. The average molecular weight is 280 g/mol. The zero-order valence-electron chi connectivity index (χ0n) is 11.6. The molecule has 3 aromatic rings. The molecule has 1 N–H and O–H groups in total. The van der Waals surface area contributed by atoms with Crippen molar-refractivity contribution in [3.05, 3.63) is 54.0 Å². The second kappa shape index (κ2) is 4.77. The first-order valence-corrected chi connectivity index (χ1v) is 7.15. The lowest BCUT2D eigenvalue weighted by Crippen LogP contribution is -2.37. The smallest absolute Gasteiger partial charge is 0.244 e. The van der Waals surface area contributed by atoms with Crippen LogP contribution in [0.5, 0.6) is 0 Å². The van der Waals surface area contributed by atoms with Gasteiger partial charge in [0.1, 0.15) is 6.54 Å². The molecule has 0 radical (unpaired) electrons. The first kappa shape index (κ1) is 12.2. The third-order valence-corrected chi connectivity index (χ3v) is 4.09. The van der Waals surface area contributed by atoms with Crippen LogP contribution < -0.4 is 0 Å². The van der Waals surface area contributed by atoms with E-state index in [-0.39, 0.29) is 5.91 Å². The van der Waals surface area contributed by atoms with Crippen LogP contribution in [0.15, 0.2) is 42.7 Å². The molecular formula is C16H16N4O. The van der Waals surface area contributed by atoms with Gasteiger partial charge in [0.15, 0.2) is 0 Å². The van der Waals surface area contributed by atoms with E-state index in [2.05, 4.69) is 22.2 Å². The van der Waals surface area contributed by atoms with Gasteiger partial charge in [0.2, 0.25) is 5.91 Å². The number of amides is 1. The van der Waals surface area contributed by atoms with Crippen molar-refractivity contribution < 1.29 is 4.79 Å². The molecule has 0 saturated heterocycles. The predicted molar refractivity (Wildman–Crippen MR) is 79.6 cm³/mol. The van der Waals surface area contributed by atoms with Crippen LogP contribution in [0, 0.1) is 0 Å². The lowest BCUT2D eigenvalue weighted by Gasteiger charge is -2.27. The van der Waals surface area contributed by atoms with Crippen molar-refractivity contribution in [3.8, 4) is 0 Å². The highest BCUT2D eigenvalue weighted by Crippen LogP contribution is 2.27. The van der Waals surface area contributed by atoms with Crippen LogP contribution in [0.3, 0.4) is 0 Å². The molecule has 5 heteroatoms. The van der Waals surface area contributed by atoms with Crippen molar-refractivity contribution in [2.75, 3.05) is 6.54 Å². The summed E-state index contributed by atoms with van der Waals surface area (Å²) in [5, 5.41) is 5.32. The number of benzene rings is 1. The third-order valence-electron chi connectivity index (χ3n) is 4.09. The van der Waals surface area contributed by atoms with Crippen molar-refractivity contribution >= 4 is 16.8 Å². The quantitative estimate of drug-likeness (QED) is 0.780. The second-order valence-electron chi connectivity index (χ2n) is 5.40. The van der Waals surface area contributed by atoms with Gasteiger partial charge in [0.25, 0.3) is 0 Å². The van der Waals surface area contributed by atoms with Crippen LogP contribution >= 0.6 is 0 Å². The van der Waals surface area contributed by atoms with Crippen molar-refractivity contribution in [2.45, 2.75) is 19.5 Å². The van der Waals surface area contributed by atoms with E-state index in [1.54, 1.807) is 10.9 Å². The summed E-state index contributed by atoms with van der Waals surface area (Å²) in [5.41, 5.74) is 3.67. The fraction of sp³-hybridized carbons (Fsp3) is 0.250. The van der Waals surface area contributed by atoms with Gasteiger partial charge >= 0.3 is 0 Å². The van der Waals surface area contributed by atoms with Gasteiger partial charge in [0.05, 0.1) is 0 Å². The molecule has 3 heterocycles. The Morgan fingerprint density at radius 1 is 1.29 bits per heavy atom. The van der Waals surface area contributed by atoms with E-state index in [0.717, 1.165) is 18.5 Å². The molecule has 0 spiro atoms. The molecule has 0 aliphatic carbocycles. The number of hydrogen-bond acceptors (Lipinski definition) is 2. The van der Waals surface area contributed by atoms with Gasteiger partial charge in [-0.25, -0.2) is 0 Å². The van der Waals surface area contributed by atoms with Crippen molar-refractivity contribution in [3.63, 3.8) is 0 Å². The van der Waals surface area contributed by atoms with Crippen molar-refractivity contribution in [2.24, 2.45) is 0 Å². The van der Waals surface area contributed by atoms with E-state index in [4.69, 9.17) is 0 Å². The maximum Gasteiger partial charge on any atom is 0.244 e. The number of aromatic amines is 1. The summed E-state index contributed by atoms with van der Waals surface area (Å²) < 4.78 is 1.67. The molecule has 0 bridgehead atoms. The van der Waals surface area contributed by atoms with Gasteiger partial charge in [-0.15, -0.1) is 0 Å². The highest BCUT2D eigenvalue weighted by Gasteiger charge is 2.23. The number of fused-ring (bicyclic) bond motifs is 3. The Hall–Kier alpha value is -2.56. The van der Waals surface area contributed by atoms with E-state index in [1.807, 2.05) is 29.3 Å². The fourth-order valence-electron chi connectivity index (χ4n) is 3.01. The van der Waals surface area contributed by atoms with E-state index in [1.165, 1.54) is 16.6 Å². The Morgan fingerprint density at radius 2 is 2.19 bits per heavy atom. The Labute approximate surface area is 122 Å². The Balaban J connectivity index is 1.59. The highest BCUT2D eigenvalue weighted by atomic mass is 16.2.